The maximum atomic E-state index is 11.3. The number of terminal acetylenes is 1. The topological polar surface area (TPSA) is 115 Å². The van der Waals surface area contributed by atoms with Crippen LogP contribution < -0.4 is 20.3 Å². The average Bonchev–Trinajstić information content (AvgIpc) is 2.79. The van der Waals surface area contributed by atoms with Crippen molar-refractivity contribution in [1.29, 1.82) is 0 Å². The number of aromatic nitrogens is 2. The molecule has 0 radical (unpaired) electrons. The third-order valence-electron chi connectivity index (χ3n) is 4.25. The van der Waals surface area contributed by atoms with Gasteiger partial charge in [0.2, 0.25) is 5.91 Å². The van der Waals surface area contributed by atoms with E-state index in [4.69, 9.17) is 25.8 Å². The number of benzene rings is 2. The molecule has 3 aromatic rings. The van der Waals surface area contributed by atoms with Gasteiger partial charge in [-0.2, -0.15) is 0 Å². The molecule has 2 aromatic carbocycles. The summed E-state index contributed by atoms with van der Waals surface area (Å²) in [6.07, 6.45) is 6.90. The summed E-state index contributed by atoms with van der Waals surface area (Å²) in [5.41, 5.74) is 3.72. The highest BCUT2D eigenvalue weighted by Gasteiger charge is 2.13. The zero-order valence-corrected chi connectivity index (χ0v) is 16.9. The number of rotatable bonds is 10. The van der Waals surface area contributed by atoms with Crippen molar-refractivity contribution in [3.8, 4) is 23.8 Å². The van der Waals surface area contributed by atoms with E-state index in [9.17, 15) is 4.79 Å². The van der Waals surface area contributed by atoms with E-state index in [-0.39, 0.29) is 13.0 Å². The number of hydrogen-bond donors (Lipinski definition) is 3. The lowest BCUT2D eigenvalue weighted by Crippen LogP contribution is -2.20. The van der Waals surface area contributed by atoms with Gasteiger partial charge < -0.3 is 19.5 Å². The van der Waals surface area contributed by atoms with Crippen LogP contribution in [0, 0.1) is 12.3 Å². The number of hydroxylamine groups is 1. The van der Waals surface area contributed by atoms with E-state index in [1.54, 1.807) is 24.7 Å². The molecule has 31 heavy (non-hydrogen) atoms. The van der Waals surface area contributed by atoms with Gasteiger partial charge in [0.05, 0.1) is 25.2 Å². The van der Waals surface area contributed by atoms with Gasteiger partial charge >= 0.3 is 0 Å². The van der Waals surface area contributed by atoms with Gasteiger partial charge in [-0.05, 0) is 24.3 Å². The molecule has 0 unspecified atom stereocenters. The smallest absolute Gasteiger partial charge is 0.246 e. The van der Waals surface area contributed by atoms with Crippen LogP contribution in [0.4, 0.5) is 11.5 Å². The van der Waals surface area contributed by atoms with E-state index < -0.39 is 5.91 Å². The first-order valence-electron chi connectivity index (χ1n) is 9.44. The van der Waals surface area contributed by atoms with Gasteiger partial charge in [0.15, 0.2) is 11.5 Å². The molecule has 0 saturated heterocycles. The Morgan fingerprint density at radius 2 is 1.94 bits per heavy atom. The Labute approximate surface area is 179 Å². The monoisotopic (exact) mass is 422 g/mol. The van der Waals surface area contributed by atoms with Crippen molar-refractivity contribution in [1.82, 2.24) is 15.4 Å². The van der Waals surface area contributed by atoms with Crippen LogP contribution in [0.15, 0.2) is 42.7 Å². The molecule has 0 bridgehead atoms. The van der Waals surface area contributed by atoms with E-state index in [2.05, 4.69) is 21.2 Å². The number of carbonyl (C=O) groups excluding carboxylic acids is 1. The number of amides is 1. The normalized spacial score (nSPS) is 10.4. The first-order chi connectivity index (χ1) is 15.1. The number of ether oxygens (including phenoxy) is 3. The predicted octanol–water partition coefficient (Wildman–Crippen LogP) is 2.65. The standard InChI is InChI=1S/C22H22N4O5/c1-3-15-5-4-6-16(11-15)25-22-17-12-19(30-8-7-21(27)26-28)20(31-10-9-29-2)13-18(17)23-14-24-22/h1,4-6,11-14,28H,7-10H2,2H3,(H,26,27)(H,23,24,25). The van der Waals surface area contributed by atoms with Crippen molar-refractivity contribution in [3.05, 3.63) is 48.3 Å². The number of carbonyl (C=O) groups is 1. The summed E-state index contributed by atoms with van der Waals surface area (Å²) in [5, 5.41) is 12.6. The van der Waals surface area contributed by atoms with Crippen LogP contribution in [0.2, 0.25) is 0 Å². The molecule has 0 spiro atoms. The molecule has 9 heteroatoms. The minimum Gasteiger partial charge on any atom is -0.489 e. The summed E-state index contributed by atoms with van der Waals surface area (Å²) in [6.45, 7) is 0.746. The molecule has 160 valence electrons. The van der Waals surface area contributed by atoms with Crippen LogP contribution in [0.25, 0.3) is 10.9 Å². The number of nitrogens with one attached hydrogen (secondary N) is 2. The lowest BCUT2D eigenvalue weighted by atomic mass is 10.2. The highest BCUT2D eigenvalue weighted by atomic mass is 16.5. The molecule has 1 amide bonds. The lowest BCUT2D eigenvalue weighted by molar-refractivity contribution is -0.129. The molecule has 0 aliphatic carbocycles. The predicted molar refractivity (Wildman–Crippen MR) is 115 cm³/mol. The van der Waals surface area contributed by atoms with E-state index >= 15 is 0 Å². The molecule has 9 nitrogen and oxygen atoms in total. The zero-order valence-electron chi connectivity index (χ0n) is 16.9. The minimum atomic E-state index is -0.554. The molecule has 0 fully saturated rings. The van der Waals surface area contributed by atoms with E-state index in [1.807, 2.05) is 24.3 Å². The first-order valence-corrected chi connectivity index (χ1v) is 9.44. The Morgan fingerprint density at radius 3 is 2.71 bits per heavy atom. The molecule has 0 atom stereocenters. The van der Waals surface area contributed by atoms with Crippen molar-refractivity contribution in [2.45, 2.75) is 6.42 Å². The number of anilines is 2. The Hall–Kier alpha value is -3.87. The van der Waals surface area contributed by atoms with Crippen molar-refractivity contribution >= 4 is 28.3 Å². The van der Waals surface area contributed by atoms with Gasteiger partial charge in [0, 0.05) is 29.8 Å². The SMILES string of the molecule is C#Cc1cccc(Nc2ncnc3cc(OCCOC)c(OCCC(=O)NO)cc23)c1. The molecular formula is C22H22N4O5. The molecule has 1 heterocycles. The average molecular weight is 422 g/mol. The third kappa shape index (κ3) is 5.82. The molecule has 3 rings (SSSR count). The summed E-state index contributed by atoms with van der Waals surface area (Å²) < 4.78 is 16.5. The Morgan fingerprint density at radius 1 is 1.13 bits per heavy atom. The second kappa shape index (κ2) is 10.8. The quantitative estimate of drug-likeness (QED) is 0.198. The van der Waals surface area contributed by atoms with E-state index in [1.165, 1.54) is 6.33 Å². The summed E-state index contributed by atoms with van der Waals surface area (Å²) in [6, 6.07) is 10.9. The number of fused-ring (bicyclic) bond motifs is 1. The van der Waals surface area contributed by atoms with Crippen molar-refractivity contribution in [3.63, 3.8) is 0 Å². The van der Waals surface area contributed by atoms with Crippen molar-refractivity contribution in [2.75, 3.05) is 32.2 Å². The van der Waals surface area contributed by atoms with Crippen molar-refractivity contribution in [2.24, 2.45) is 0 Å². The second-order valence-corrected chi connectivity index (χ2v) is 6.36. The highest BCUT2D eigenvalue weighted by Crippen LogP contribution is 2.35. The van der Waals surface area contributed by atoms with Crippen LogP contribution in [-0.2, 0) is 9.53 Å². The summed E-state index contributed by atoms with van der Waals surface area (Å²) >= 11 is 0. The number of methoxy groups -OCH3 is 1. The Bertz CT molecular complexity index is 1100. The largest absolute Gasteiger partial charge is 0.489 e. The molecule has 0 aliphatic rings. The number of nitrogens with zero attached hydrogens (tertiary/aromatic N) is 2. The van der Waals surface area contributed by atoms with Crippen LogP contribution in [-0.4, -0.2) is 48.0 Å². The van der Waals surface area contributed by atoms with Crippen LogP contribution in [0.5, 0.6) is 11.5 Å². The third-order valence-corrected chi connectivity index (χ3v) is 4.25. The fourth-order valence-electron chi connectivity index (χ4n) is 2.76. The molecule has 1 aromatic heterocycles. The van der Waals surface area contributed by atoms with Gasteiger partial charge in [0.1, 0.15) is 18.8 Å². The summed E-state index contributed by atoms with van der Waals surface area (Å²) in [7, 11) is 1.58. The summed E-state index contributed by atoms with van der Waals surface area (Å²) in [5.74, 6) is 3.46. The molecule has 3 N–H and O–H groups in total. The van der Waals surface area contributed by atoms with Gasteiger partial charge in [-0.1, -0.05) is 12.0 Å². The van der Waals surface area contributed by atoms with Gasteiger partial charge in [-0.3, -0.25) is 10.0 Å². The first kappa shape index (κ1) is 21.8. The Balaban J connectivity index is 1.93. The Kier molecular flexibility index (Phi) is 7.59. The van der Waals surface area contributed by atoms with Gasteiger partial charge in [-0.15, -0.1) is 6.42 Å². The maximum absolute atomic E-state index is 11.3. The van der Waals surface area contributed by atoms with Crippen LogP contribution in [0.1, 0.15) is 12.0 Å². The minimum absolute atomic E-state index is 0.0265. The van der Waals surface area contributed by atoms with Gasteiger partial charge in [-0.25, -0.2) is 15.4 Å². The molecule has 0 aliphatic heterocycles. The second-order valence-electron chi connectivity index (χ2n) is 6.36. The summed E-state index contributed by atoms with van der Waals surface area (Å²) in [4.78, 5) is 19.9. The zero-order chi connectivity index (χ0) is 22.1. The van der Waals surface area contributed by atoms with Crippen molar-refractivity contribution < 1.29 is 24.2 Å². The fourth-order valence-corrected chi connectivity index (χ4v) is 2.76. The fraction of sp³-hybridized carbons (Fsp3) is 0.227. The molecular weight excluding hydrogens is 400 g/mol. The van der Waals surface area contributed by atoms with E-state index in [0.29, 0.717) is 41.4 Å². The number of hydrogen-bond acceptors (Lipinski definition) is 8. The van der Waals surface area contributed by atoms with E-state index in [0.717, 1.165) is 11.3 Å². The van der Waals surface area contributed by atoms with Crippen LogP contribution >= 0.6 is 0 Å². The van der Waals surface area contributed by atoms with Crippen LogP contribution in [0.3, 0.4) is 0 Å². The van der Waals surface area contributed by atoms with Gasteiger partial charge in [0.25, 0.3) is 0 Å². The molecule has 0 saturated carbocycles. The lowest BCUT2D eigenvalue weighted by Gasteiger charge is -2.15. The highest BCUT2D eigenvalue weighted by molar-refractivity contribution is 5.93. The maximum Gasteiger partial charge on any atom is 0.246 e.